The minimum Gasteiger partial charge on any atom is -0.330 e. The second-order valence-corrected chi connectivity index (χ2v) is 5.71. The number of rotatable bonds is 6. The van der Waals surface area contributed by atoms with Crippen molar-refractivity contribution in [2.45, 2.75) is 78.1 Å². The van der Waals surface area contributed by atoms with Gasteiger partial charge >= 0.3 is 0 Å². The van der Waals surface area contributed by atoms with Crippen LogP contribution < -0.4 is 5.73 Å². The van der Waals surface area contributed by atoms with E-state index < -0.39 is 0 Å². The maximum absolute atomic E-state index is 6.14. The van der Waals surface area contributed by atoms with Crippen LogP contribution in [0.5, 0.6) is 0 Å². The van der Waals surface area contributed by atoms with Crippen LogP contribution in [0.4, 0.5) is 0 Å². The van der Waals surface area contributed by atoms with Crippen molar-refractivity contribution < 1.29 is 0 Å². The summed E-state index contributed by atoms with van der Waals surface area (Å²) in [7, 11) is 0. The molecule has 0 amide bonds. The molecule has 0 radical (unpaired) electrons. The van der Waals surface area contributed by atoms with Gasteiger partial charge < -0.3 is 5.73 Å². The van der Waals surface area contributed by atoms with Gasteiger partial charge in [-0.3, -0.25) is 0 Å². The third-order valence-electron chi connectivity index (χ3n) is 4.86. The van der Waals surface area contributed by atoms with Gasteiger partial charge in [-0.15, -0.1) is 0 Å². The molecule has 1 fully saturated rings. The molecule has 1 atom stereocenters. The molecule has 1 nitrogen and oxygen atoms in total. The van der Waals surface area contributed by atoms with Crippen LogP contribution in [-0.2, 0) is 0 Å². The van der Waals surface area contributed by atoms with Crippen molar-refractivity contribution in [3.63, 3.8) is 0 Å². The fourth-order valence-electron chi connectivity index (χ4n) is 3.50. The molecule has 0 heterocycles. The fourth-order valence-corrected chi connectivity index (χ4v) is 3.50. The average molecular weight is 225 g/mol. The lowest BCUT2D eigenvalue weighted by atomic mass is 9.67. The summed E-state index contributed by atoms with van der Waals surface area (Å²) in [5.74, 6) is 0.913. The van der Waals surface area contributed by atoms with E-state index in [-0.39, 0.29) is 0 Å². The second kappa shape index (κ2) is 7.32. The maximum atomic E-state index is 6.14. The Morgan fingerprint density at radius 3 is 2.12 bits per heavy atom. The molecular weight excluding hydrogens is 194 g/mol. The molecule has 16 heavy (non-hydrogen) atoms. The molecule has 0 aromatic rings. The van der Waals surface area contributed by atoms with Crippen LogP contribution in [0, 0.1) is 11.3 Å². The summed E-state index contributed by atoms with van der Waals surface area (Å²) in [5.41, 5.74) is 6.61. The van der Waals surface area contributed by atoms with E-state index in [1.54, 1.807) is 0 Å². The summed E-state index contributed by atoms with van der Waals surface area (Å²) < 4.78 is 0. The Balaban J connectivity index is 2.64. The van der Waals surface area contributed by atoms with Crippen LogP contribution in [-0.4, -0.2) is 6.54 Å². The minimum atomic E-state index is 0.473. The van der Waals surface area contributed by atoms with Crippen molar-refractivity contribution in [3.05, 3.63) is 0 Å². The Bertz CT molecular complexity index is 164. The molecule has 1 rings (SSSR count). The highest BCUT2D eigenvalue weighted by Crippen LogP contribution is 2.43. The molecule has 1 aliphatic rings. The van der Waals surface area contributed by atoms with Crippen molar-refractivity contribution in [1.82, 2.24) is 0 Å². The lowest BCUT2D eigenvalue weighted by Crippen LogP contribution is -2.37. The highest BCUT2D eigenvalue weighted by molar-refractivity contribution is 4.87. The fraction of sp³-hybridized carbons (Fsp3) is 1.00. The Morgan fingerprint density at radius 2 is 1.69 bits per heavy atom. The van der Waals surface area contributed by atoms with E-state index in [0.717, 1.165) is 12.5 Å². The van der Waals surface area contributed by atoms with Gasteiger partial charge in [0.05, 0.1) is 0 Å². The maximum Gasteiger partial charge on any atom is -0.00180 e. The number of hydrogen-bond acceptors (Lipinski definition) is 1. The number of hydrogen-bond donors (Lipinski definition) is 1. The normalized spacial score (nSPS) is 22.7. The van der Waals surface area contributed by atoms with Crippen molar-refractivity contribution >= 4 is 0 Å². The van der Waals surface area contributed by atoms with E-state index in [1.165, 1.54) is 64.2 Å². The summed E-state index contributed by atoms with van der Waals surface area (Å²) in [6.07, 6.45) is 14.0. The van der Waals surface area contributed by atoms with E-state index in [4.69, 9.17) is 5.73 Å². The smallest absolute Gasteiger partial charge is 0.00180 e. The van der Waals surface area contributed by atoms with Crippen LogP contribution in [0.2, 0.25) is 0 Å². The Kier molecular flexibility index (Phi) is 6.41. The average Bonchev–Trinajstić information content (AvgIpc) is 2.61. The topological polar surface area (TPSA) is 26.0 Å². The first kappa shape index (κ1) is 14.0. The summed E-state index contributed by atoms with van der Waals surface area (Å²) in [5, 5.41) is 0. The van der Waals surface area contributed by atoms with Crippen LogP contribution >= 0.6 is 0 Å². The molecule has 1 aliphatic carbocycles. The van der Waals surface area contributed by atoms with Crippen LogP contribution in [0.3, 0.4) is 0 Å². The van der Waals surface area contributed by atoms with Crippen LogP contribution in [0.25, 0.3) is 0 Å². The van der Waals surface area contributed by atoms with E-state index in [0.29, 0.717) is 5.41 Å². The monoisotopic (exact) mass is 225 g/mol. The SMILES string of the molecule is CCCCC(CC)(CN)C1CCCCCC1. The summed E-state index contributed by atoms with van der Waals surface area (Å²) in [6, 6.07) is 0. The molecule has 0 aromatic heterocycles. The summed E-state index contributed by atoms with van der Waals surface area (Å²) in [6.45, 7) is 5.56. The predicted molar refractivity (Wildman–Crippen MR) is 72.5 cm³/mol. The highest BCUT2D eigenvalue weighted by Gasteiger charge is 2.35. The molecule has 1 saturated carbocycles. The first-order valence-corrected chi connectivity index (χ1v) is 7.49. The summed E-state index contributed by atoms with van der Waals surface area (Å²) in [4.78, 5) is 0. The third-order valence-corrected chi connectivity index (χ3v) is 4.86. The standard InChI is InChI=1S/C15H31N/c1-3-5-12-15(4-2,13-16)14-10-8-6-7-9-11-14/h14H,3-13,16H2,1-2H3. The molecule has 0 spiro atoms. The third kappa shape index (κ3) is 3.48. The first-order chi connectivity index (χ1) is 7.79. The lowest BCUT2D eigenvalue weighted by molar-refractivity contribution is 0.124. The molecule has 1 unspecified atom stereocenters. The van der Waals surface area contributed by atoms with Gasteiger partial charge in [0.15, 0.2) is 0 Å². The highest BCUT2D eigenvalue weighted by atomic mass is 14.6. The van der Waals surface area contributed by atoms with Gasteiger partial charge in [-0.1, -0.05) is 52.4 Å². The Hall–Kier alpha value is -0.0400. The van der Waals surface area contributed by atoms with E-state index in [9.17, 15) is 0 Å². The van der Waals surface area contributed by atoms with Crippen molar-refractivity contribution in [2.24, 2.45) is 17.1 Å². The van der Waals surface area contributed by atoms with Crippen LogP contribution in [0.15, 0.2) is 0 Å². The Labute approximate surface area is 102 Å². The van der Waals surface area contributed by atoms with E-state index in [2.05, 4.69) is 13.8 Å². The zero-order valence-corrected chi connectivity index (χ0v) is 11.4. The van der Waals surface area contributed by atoms with Crippen molar-refractivity contribution in [1.29, 1.82) is 0 Å². The van der Waals surface area contributed by atoms with Gasteiger partial charge in [0.25, 0.3) is 0 Å². The van der Waals surface area contributed by atoms with Crippen LogP contribution in [0.1, 0.15) is 78.1 Å². The van der Waals surface area contributed by atoms with Crippen molar-refractivity contribution in [3.8, 4) is 0 Å². The predicted octanol–water partition coefficient (Wildman–Crippen LogP) is 4.50. The second-order valence-electron chi connectivity index (χ2n) is 5.71. The quantitative estimate of drug-likeness (QED) is 0.662. The molecule has 0 bridgehead atoms. The lowest BCUT2D eigenvalue weighted by Gasteiger charge is -2.39. The van der Waals surface area contributed by atoms with Gasteiger partial charge in [0.2, 0.25) is 0 Å². The van der Waals surface area contributed by atoms with Gasteiger partial charge in [-0.25, -0.2) is 0 Å². The zero-order chi connectivity index (χ0) is 11.9. The van der Waals surface area contributed by atoms with E-state index >= 15 is 0 Å². The van der Waals surface area contributed by atoms with Crippen molar-refractivity contribution in [2.75, 3.05) is 6.54 Å². The van der Waals surface area contributed by atoms with Gasteiger partial charge in [0, 0.05) is 0 Å². The molecule has 96 valence electrons. The number of nitrogens with two attached hydrogens (primary N) is 1. The van der Waals surface area contributed by atoms with Gasteiger partial charge in [-0.2, -0.15) is 0 Å². The molecule has 1 heteroatoms. The number of unbranched alkanes of at least 4 members (excludes halogenated alkanes) is 1. The molecule has 0 saturated heterocycles. The van der Waals surface area contributed by atoms with Gasteiger partial charge in [-0.05, 0) is 43.6 Å². The first-order valence-electron chi connectivity index (χ1n) is 7.49. The molecule has 0 aliphatic heterocycles. The molecular formula is C15H31N. The molecule has 0 aromatic carbocycles. The van der Waals surface area contributed by atoms with Gasteiger partial charge in [0.1, 0.15) is 0 Å². The summed E-state index contributed by atoms with van der Waals surface area (Å²) >= 11 is 0. The Morgan fingerprint density at radius 1 is 1.06 bits per heavy atom. The molecule has 2 N–H and O–H groups in total. The van der Waals surface area contributed by atoms with E-state index in [1.807, 2.05) is 0 Å². The zero-order valence-electron chi connectivity index (χ0n) is 11.4. The minimum absolute atomic E-state index is 0.473. The largest absolute Gasteiger partial charge is 0.330 e.